The zero-order chi connectivity index (χ0) is 10.1. The van der Waals surface area contributed by atoms with Crippen LogP contribution in [0, 0.1) is 0 Å². The van der Waals surface area contributed by atoms with Gasteiger partial charge in [-0.1, -0.05) is 20.8 Å². The molecule has 0 radical (unpaired) electrons. The average molecular weight is 188 g/mol. The van der Waals surface area contributed by atoms with E-state index in [0.717, 1.165) is 12.1 Å². The monoisotopic (exact) mass is 188 g/mol. The molecule has 0 saturated carbocycles. The van der Waals surface area contributed by atoms with Gasteiger partial charge in [0.2, 0.25) is 0 Å². The smallest absolute Gasteiger partial charge is 0.137 e. The standard InChI is InChI=1S/C12H16N2/c1-4-10-5-6-14-8-11(9(2)3)13-12(14)7-10/h5-9H,4H2,1-3H3. The Morgan fingerprint density at radius 3 is 2.86 bits per heavy atom. The van der Waals surface area contributed by atoms with Crippen LogP contribution in [0.3, 0.4) is 0 Å². The lowest BCUT2D eigenvalue weighted by Crippen LogP contribution is -1.85. The molecule has 0 amide bonds. The van der Waals surface area contributed by atoms with Crippen LogP contribution in [0.15, 0.2) is 24.5 Å². The summed E-state index contributed by atoms with van der Waals surface area (Å²) in [7, 11) is 0. The van der Waals surface area contributed by atoms with Crippen molar-refractivity contribution in [1.29, 1.82) is 0 Å². The van der Waals surface area contributed by atoms with E-state index in [1.54, 1.807) is 0 Å². The lowest BCUT2D eigenvalue weighted by Gasteiger charge is -1.96. The van der Waals surface area contributed by atoms with Crippen LogP contribution < -0.4 is 0 Å². The second-order valence-corrected chi connectivity index (χ2v) is 3.97. The lowest BCUT2D eigenvalue weighted by atomic mass is 10.2. The fourth-order valence-electron chi connectivity index (χ4n) is 1.54. The number of nitrogens with zero attached hydrogens (tertiary/aromatic N) is 2. The Labute approximate surface area is 84.6 Å². The van der Waals surface area contributed by atoms with Crippen LogP contribution in [0.1, 0.15) is 37.9 Å². The zero-order valence-electron chi connectivity index (χ0n) is 8.99. The summed E-state index contributed by atoms with van der Waals surface area (Å²) in [6, 6.07) is 4.31. The highest BCUT2D eigenvalue weighted by Gasteiger charge is 2.04. The Hall–Kier alpha value is -1.31. The Bertz CT molecular complexity index is 441. The van der Waals surface area contributed by atoms with Crippen LogP contribution >= 0.6 is 0 Å². The third-order valence-electron chi connectivity index (χ3n) is 2.54. The highest BCUT2D eigenvalue weighted by Crippen LogP contribution is 2.15. The molecule has 2 rings (SSSR count). The molecule has 14 heavy (non-hydrogen) atoms. The van der Waals surface area contributed by atoms with Crippen molar-refractivity contribution >= 4 is 5.65 Å². The van der Waals surface area contributed by atoms with Gasteiger partial charge >= 0.3 is 0 Å². The van der Waals surface area contributed by atoms with Crippen molar-refractivity contribution in [3.8, 4) is 0 Å². The van der Waals surface area contributed by atoms with Crippen molar-refractivity contribution in [3.05, 3.63) is 35.8 Å². The molecule has 0 atom stereocenters. The molecule has 0 unspecified atom stereocenters. The number of aryl methyl sites for hydroxylation is 1. The van der Waals surface area contributed by atoms with E-state index in [0.29, 0.717) is 5.92 Å². The van der Waals surface area contributed by atoms with Gasteiger partial charge in [0.05, 0.1) is 5.69 Å². The van der Waals surface area contributed by atoms with E-state index in [9.17, 15) is 0 Å². The number of rotatable bonds is 2. The minimum atomic E-state index is 0.500. The third kappa shape index (κ3) is 1.52. The molecule has 0 saturated heterocycles. The summed E-state index contributed by atoms with van der Waals surface area (Å²) in [6.07, 6.45) is 5.27. The van der Waals surface area contributed by atoms with Gasteiger partial charge in [0, 0.05) is 12.4 Å². The fraction of sp³-hybridized carbons (Fsp3) is 0.417. The van der Waals surface area contributed by atoms with Gasteiger partial charge in [-0.05, 0) is 30.0 Å². The molecule has 2 nitrogen and oxygen atoms in total. The maximum atomic E-state index is 4.58. The SMILES string of the molecule is CCc1ccn2cc(C(C)C)nc2c1. The summed E-state index contributed by atoms with van der Waals surface area (Å²) >= 11 is 0. The first-order valence-corrected chi connectivity index (χ1v) is 5.18. The summed E-state index contributed by atoms with van der Waals surface area (Å²) in [5, 5.41) is 0. The molecule has 2 aromatic heterocycles. The molecular weight excluding hydrogens is 172 g/mol. The minimum Gasteiger partial charge on any atom is -0.307 e. The number of imidazole rings is 1. The van der Waals surface area contributed by atoms with Crippen molar-refractivity contribution in [2.24, 2.45) is 0 Å². The van der Waals surface area contributed by atoms with E-state index < -0.39 is 0 Å². The minimum absolute atomic E-state index is 0.500. The molecular formula is C12H16N2. The van der Waals surface area contributed by atoms with Crippen molar-refractivity contribution < 1.29 is 0 Å². The van der Waals surface area contributed by atoms with E-state index in [2.05, 4.69) is 54.7 Å². The van der Waals surface area contributed by atoms with Crippen LogP contribution in [-0.4, -0.2) is 9.38 Å². The summed E-state index contributed by atoms with van der Waals surface area (Å²) in [5.41, 5.74) is 3.57. The Morgan fingerprint density at radius 2 is 2.21 bits per heavy atom. The second kappa shape index (κ2) is 3.45. The van der Waals surface area contributed by atoms with E-state index in [4.69, 9.17) is 0 Å². The Morgan fingerprint density at radius 1 is 1.43 bits per heavy atom. The van der Waals surface area contributed by atoms with E-state index in [1.165, 1.54) is 11.3 Å². The lowest BCUT2D eigenvalue weighted by molar-refractivity contribution is 0.834. The van der Waals surface area contributed by atoms with Gasteiger partial charge < -0.3 is 4.40 Å². The summed E-state index contributed by atoms with van der Waals surface area (Å²) in [6.45, 7) is 6.50. The molecule has 0 aromatic carbocycles. The molecule has 0 fully saturated rings. The number of hydrogen-bond acceptors (Lipinski definition) is 1. The molecule has 0 aliphatic heterocycles. The summed E-state index contributed by atoms with van der Waals surface area (Å²) < 4.78 is 2.09. The highest BCUT2D eigenvalue weighted by molar-refractivity contribution is 5.43. The average Bonchev–Trinajstić information content (AvgIpc) is 2.59. The predicted molar refractivity (Wildman–Crippen MR) is 58.7 cm³/mol. The van der Waals surface area contributed by atoms with Gasteiger partial charge in [0.15, 0.2) is 0 Å². The highest BCUT2D eigenvalue weighted by atomic mass is 15.0. The molecule has 0 bridgehead atoms. The summed E-state index contributed by atoms with van der Waals surface area (Å²) in [5.74, 6) is 0.500. The predicted octanol–water partition coefficient (Wildman–Crippen LogP) is 3.02. The van der Waals surface area contributed by atoms with Crippen LogP contribution in [-0.2, 0) is 6.42 Å². The zero-order valence-corrected chi connectivity index (χ0v) is 8.99. The molecule has 2 heterocycles. The number of pyridine rings is 1. The van der Waals surface area contributed by atoms with Gasteiger partial charge in [0.25, 0.3) is 0 Å². The number of fused-ring (bicyclic) bond motifs is 1. The molecule has 0 aliphatic rings. The van der Waals surface area contributed by atoms with Gasteiger partial charge in [-0.2, -0.15) is 0 Å². The molecule has 0 aliphatic carbocycles. The maximum Gasteiger partial charge on any atom is 0.137 e. The number of hydrogen-bond donors (Lipinski definition) is 0. The quantitative estimate of drug-likeness (QED) is 0.708. The van der Waals surface area contributed by atoms with Crippen molar-refractivity contribution in [2.45, 2.75) is 33.1 Å². The first-order chi connectivity index (χ1) is 6.70. The molecule has 0 spiro atoms. The van der Waals surface area contributed by atoms with Crippen LogP contribution in [0.4, 0.5) is 0 Å². The Kier molecular flexibility index (Phi) is 2.28. The van der Waals surface area contributed by atoms with Gasteiger partial charge in [-0.3, -0.25) is 0 Å². The van der Waals surface area contributed by atoms with E-state index in [-0.39, 0.29) is 0 Å². The maximum absolute atomic E-state index is 4.58. The van der Waals surface area contributed by atoms with Gasteiger partial charge in [-0.25, -0.2) is 4.98 Å². The number of aromatic nitrogens is 2. The van der Waals surface area contributed by atoms with Crippen LogP contribution in [0.5, 0.6) is 0 Å². The summed E-state index contributed by atoms with van der Waals surface area (Å²) in [4.78, 5) is 4.58. The third-order valence-corrected chi connectivity index (χ3v) is 2.54. The van der Waals surface area contributed by atoms with Crippen molar-refractivity contribution in [3.63, 3.8) is 0 Å². The van der Waals surface area contributed by atoms with Gasteiger partial charge in [-0.15, -0.1) is 0 Å². The topological polar surface area (TPSA) is 17.3 Å². The Balaban J connectivity index is 2.54. The molecule has 2 heteroatoms. The van der Waals surface area contributed by atoms with Crippen LogP contribution in [0.2, 0.25) is 0 Å². The van der Waals surface area contributed by atoms with Crippen molar-refractivity contribution in [1.82, 2.24) is 9.38 Å². The molecule has 74 valence electrons. The van der Waals surface area contributed by atoms with Gasteiger partial charge in [0.1, 0.15) is 5.65 Å². The molecule has 0 N–H and O–H groups in total. The first kappa shape index (κ1) is 9.25. The molecule has 2 aromatic rings. The fourth-order valence-corrected chi connectivity index (χ4v) is 1.54. The largest absolute Gasteiger partial charge is 0.307 e. The van der Waals surface area contributed by atoms with E-state index >= 15 is 0 Å². The van der Waals surface area contributed by atoms with E-state index in [1.807, 2.05) is 0 Å². The first-order valence-electron chi connectivity index (χ1n) is 5.18. The second-order valence-electron chi connectivity index (χ2n) is 3.97. The van der Waals surface area contributed by atoms with Crippen LogP contribution in [0.25, 0.3) is 5.65 Å². The normalized spacial score (nSPS) is 11.4. The van der Waals surface area contributed by atoms with Crippen molar-refractivity contribution in [2.75, 3.05) is 0 Å².